The maximum absolute atomic E-state index is 13.3. The molecule has 0 aromatic carbocycles. The Hall–Kier alpha value is -0.490. The van der Waals surface area contributed by atoms with Crippen LogP contribution < -0.4 is 5.32 Å². The van der Waals surface area contributed by atoms with E-state index in [1.165, 1.54) is 0 Å². The number of rotatable bonds is 5. The van der Waals surface area contributed by atoms with Gasteiger partial charge in [0.15, 0.2) is 0 Å². The number of hydrogen-bond donors (Lipinski definition) is 1. The third-order valence-electron chi connectivity index (χ3n) is 4.11. The van der Waals surface area contributed by atoms with Gasteiger partial charge in [-0.05, 0) is 48.2 Å². The minimum Gasteiger partial charge on any atom is -0.311 e. The zero-order chi connectivity index (χ0) is 14.8. The molecule has 3 nitrogen and oxygen atoms in total. The Balaban J connectivity index is 2.18. The summed E-state index contributed by atoms with van der Waals surface area (Å²) >= 11 is 3.55. The smallest absolute Gasteiger partial charge is 0.248 e. The van der Waals surface area contributed by atoms with E-state index in [2.05, 4.69) is 33.3 Å². The van der Waals surface area contributed by atoms with Crippen LogP contribution in [0.3, 0.4) is 0 Å². The molecule has 2 rings (SSSR count). The number of nitrogens with one attached hydrogen (secondary N) is 1. The van der Waals surface area contributed by atoms with Gasteiger partial charge in [0.2, 0.25) is 5.92 Å². The highest BCUT2D eigenvalue weighted by molar-refractivity contribution is 9.10. The van der Waals surface area contributed by atoms with Gasteiger partial charge >= 0.3 is 0 Å². The van der Waals surface area contributed by atoms with Gasteiger partial charge in [0.05, 0.1) is 22.4 Å². The van der Waals surface area contributed by atoms with E-state index in [0.29, 0.717) is 12.8 Å². The quantitative estimate of drug-likeness (QED) is 0.865. The van der Waals surface area contributed by atoms with Crippen molar-refractivity contribution < 1.29 is 8.78 Å². The molecule has 0 aliphatic heterocycles. The lowest BCUT2D eigenvalue weighted by Gasteiger charge is -2.34. The van der Waals surface area contributed by atoms with Crippen LogP contribution in [-0.4, -0.2) is 22.8 Å². The molecule has 1 saturated carbocycles. The van der Waals surface area contributed by atoms with E-state index in [1.807, 2.05) is 11.7 Å². The van der Waals surface area contributed by atoms with Crippen molar-refractivity contribution in [3.63, 3.8) is 0 Å². The van der Waals surface area contributed by atoms with Gasteiger partial charge in [0.25, 0.3) is 0 Å². The van der Waals surface area contributed by atoms with Crippen molar-refractivity contribution in [2.24, 2.45) is 5.92 Å². The molecule has 0 saturated heterocycles. The summed E-state index contributed by atoms with van der Waals surface area (Å²) in [7, 11) is 1.90. The SMILES string of the molecule is CCCn1ncc(Br)c1C(NC)C1CCC(F)(F)CC1. The Bertz CT molecular complexity index is 438. The normalized spacial score (nSPS) is 21.1. The maximum Gasteiger partial charge on any atom is 0.248 e. The molecule has 1 aromatic rings. The molecule has 1 aliphatic rings. The molecule has 1 unspecified atom stereocenters. The zero-order valence-corrected chi connectivity index (χ0v) is 13.6. The van der Waals surface area contributed by atoms with Crippen LogP contribution in [0.2, 0.25) is 0 Å². The minimum atomic E-state index is -2.48. The summed E-state index contributed by atoms with van der Waals surface area (Å²) in [6.07, 6.45) is 3.91. The van der Waals surface area contributed by atoms with Gasteiger partial charge in [-0.1, -0.05) is 6.92 Å². The molecule has 0 spiro atoms. The average Bonchev–Trinajstić information content (AvgIpc) is 2.75. The van der Waals surface area contributed by atoms with E-state index in [1.54, 1.807) is 6.20 Å². The van der Waals surface area contributed by atoms with E-state index >= 15 is 0 Å². The van der Waals surface area contributed by atoms with Crippen molar-refractivity contribution >= 4 is 15.9 Å². The number of halogens is 3. The highest BCUT2D eigenvalue weighted by Gasteiger charge is 2.38. The summed E-state index contributed by atoms with van der Waals surface area (Å²) in [6.45, 7) is 2.96. The lowest BCUT2D eigenvalue weighted by atomic mass is 9.81. The lowest BCUT2D eigenvalue weighted by molar-refractivity contribution is -0.0498. The van der Waals surface area contributed by atoms with Crippen LogP contribution in [0.25, 0.3) is 0 Å². The van der Waals surface area contributed by atoms with E-state index in [-0.39, 0.29) is 24.8 Å². The molecular weight excluding hydrogens is 328 g/mol. The molecule has 114 valence electrons. The summed E-state index contributed by atoms with van der Waals surface area (Å²) in [4.78, 5) is 0. The van der Waals surface area contributed by atoms with E-state index < -0.39 is 5.92 Å². The molecule has 20 heavy (non-hydrogen) atoms. The molecule has 1 aliphatic carbocycles. The molecule has 6 heteroatoms. The second kappa shape index (κ2) is 6.52. The standard InChI is InChI=1S/C14H22BrF2N3/c1-3-8-20-13(11(15)9-19-20)12(18-2)10-4-6-14(16,17)7-5-10/h9-10,12,18H,3-8H2,1-2H3. The second-order valence-electron chi connectivity index (χ2n) is 5.56. The predicted molar refractivity (Wildman–Crippen MR) is 78.9 cm³/mol. The molecule has 0 radical (unpaired) electrons. The van der Waals surface area contributed by atoms with Crippen molar-refractivity contribution in [3.8, 4) is 0 Å². The monoisotopic (exact) mass is 349 g/mol. The van der Waals surface area contributed by atoms with Gasteiger partial charge < -0.3 is 5.32 Å². The Kier molecular flexibility index (Phi) is 5.18. The molecular formula is C14H22BrF2N3. The summed E-state index contributed by atoms with van der Waals surface area (Å²) in [5.74, 6) is -2.24. The molecule has 1 atom stereocenters. The van der Waals surface area contributed by atoms with Gasteiger partial charge in [-0.15, -0.1) is 0 Å². The number of aryl methyl sites for hydroxylation is 1. The first kappa shape index (κ1) is 15.9. The fourth-order valence-electron chi connectivity index (χ4n) is 3.06. The van der Waals surface area contributed by atoms with Crippen molar-refractivity contribution in [3.05, 3.63) is 16.4 Å². The van der Waals surface area contributed by atoms with Gasteiger partial charge in [0, 0.05) is 19.4 Å². The Labute approximate surface area is 127 Å². The first-order valence-corrected chi connectivity index (χ1v) is 8.04. The Morgan fingerprint density at radius 1 is 1.50 bits per heavy atom. The van der Waals surface area contributed by atoms with Crippen LogP contribution in [0.5, 0.6) is 0 Å². The number of alkyl halides is 2. The number of aromatic nitrogens is 2. The summed E-state index contributed by atoms with van der Waals surface area (Å²) in [5.41, 5.74) is 1.09. The van der Waals surface area contributed by atoms with Crippen molar-refractivity contribution in [2.45, 2.75) is 57.5 Å². The molecule has 0 bridgehead atoms. The summed E-state index contributed by atoms with van der Waals surface area (Å²) in [6, 6.07) is 0.0783. The average molecular weight is 350 g/mol. The van der Waals surface area contributed by atoms with Gasteiger partial charge in [-0.25, -0.2) is 8.78 Å². The summed E-state index contributed by atoms with van der Waals surface area (Å²) in [5, 5.41) is 7.68. The first-order valence-electron chi connectivity index (χ1n) is 7.25. The number of hydrogen-bond acceptors (Lipinski definition) is 2. The topological polar surface area (TPSA) is 29.9 Å². The predicted octanol–water partition coefficient (Wildman–Crippen LogP) is 4.14. The van der Waals surface area contributed by atoms with Crippen LogP contribution in [0, 0.1) is 5.92 Å². The van der Waals surface area contributed by atoms with Gasteiger partial charge in [-0.2, -0.15) is 5.10 Å². The van der Waals surface area contributed by atoms with Crippen LogP contribution in [0.4, 0.5) is 8.78 Å². The Morgan fingerprint density at radius 2 is 2.15 bits per heavy atom. The van der Waals surface area contributed by atoms with Crippen LogP contribution >= 0.6 is 15.9 Å². The molecule has 1 N–H and O–H groups in total. The third kappa shape index (κ3) is 3.39. The van der Waals surface area contributed by atoms with Crippen LogP contribution in [0.1, 0.15) is 50.8 Å². The first-order chi connectivity index (χ1) is 9.48. The lowest BCUT2D eigenvalue weighted by Crippen LogP contribution is -2.34. The maximum atomic E-state index is 13.3. The Morgan fingerprint density at radius 3 is 2.70 bits per heavy atom. The fourth-order valence-corrected chi connectivity index (χ4v) is 3.61. The molecule has 1 heterocycles. The summed E-state index contributed by atoms with van der Waals surface area (Å²) < 4.78 is 29.6. The van der Waals surface area contributed by atoms with Crippen LogP contribution in [0.15, 0.2) is 10.7 Å². The van der Waals surface area contributed by atoms with E-state index in [9.17, 15) is 8.78 Å². The number of nitrogens with zero attached hydrogens (tertiary/aromatic N) is 2. The second-order valence-corrected chi connectivity index (χ2v) is 6.41. The minimum absolute atomic E-state index is 0.00458. The molecule has 1 aromatic heterocycles. The highest BCUT2D eigenvalue weighted by Crippen LogP contribution is 2.42. The molecule has 0 amide bonds. The van der Waals surface area contributed by atoms with Crippen molar-refractivity contribution in [2.75, 3.05) is 7.05 Å². The van der Waals surface area contributed by atoms with Gasteiger partial charge in [-0.3, -0.25) is 4.68 Å². The van der Waals surface area contributed by atoms with Gasteiger partial charge in [0.1, 0.15) is 0 Å². The zero-order valence-electron chi connectivity index (χ0n) is 12.0. The van der Waals surface area contributed by atoms with Crippen LogP contribution in [-0.2, 0) is 6.54 Å². The highest BCUT2D eigenvalue weighted by atomic mass is 79.9. The largest absolute Gasteiger partial charge is 0.311 e. The molecule has 1 fully saturated rings. The third-order valence-corrected chi connectivity index (χ3v) is 4.72. The van der Waals surface area contributed by atoms with Crippen molar-refractivity contribution in [1.82, 2.24) is 15.1 Å². The van der Waals surface area contributed by atoms with Crippen molar-refractivity contribution in [1.29, 1.82) is 0 Å². The fraction of sp³-hybridized carbons (Fsp3) is 0.786. The van der Waals surface area contributed by atoms with E-state index in [0.717, 1.165) is 23.1 Å². The van der Waals surface area contributed by atoms with E-state index in [4.69, 9.17) is 0 Å².